The molecule has 1 heterocycles. The minimum Gasteiger partial charge on any atom is -0.493 e. The normalized spacial score (nSPS) is 12.7. The number of halogens is 4. The van der Waals surface area contributed by atoms with Crippen LogP contribution in [-0.2, 0) is 24.1 Å². The van der Waals surface area contributed by atoms with E-state index in [0.717, 1.165) is 22.5 Å². The van der Waals surface area contributed by atoms with Crippen LogP contribution in [-0.4, -0.2) is 40.2 Å². The molecule has 4 aromatic rings. The largest absolute Gasteiger partial charge is 0.493 e. The van der Waals surface area contributed by atoms with Crippen molar-refractivity contribution in [3.05, 3.63) is 101 Å². The van der Waals surface area contributed by atoms with E-state index in [4.69, 9.17) is 21.4 Å². The highest BCUT2D eigenvalue weighted by molar-refractivity contribution is 6.32. The smallest absolute Gasteiger partial charge is 0.417 e. The number of rotatable bonds is 12. The standard InChI is InChI=1S/C30H30ClF3N2O3/c1-21(22-8-3-2-4-9-22)18-35(19-23-10-5-11-25(29(23)31)30(32,33)34)15-7-17-39-27-13-6-12-26-24(27)14-16-36(26)20-28(37)38/h2-6,8-14,16,21H,7,15,17-20H2,1H3,(H,37,38). The monoisotopic (exact) mass is 558 g/mol. The molecule has 0 bridgehead atoms. The van der Waals surface area contributed by atoms with Crippen LogP contribution in [0.15, 0.2) is 79.0 Å². The highest BCUT2D eigenvalue weighted by atomic mass is 35.5. The van der Waals surface area contributed by atoms with Crippen LogP contribution >= 0.6 is 11.6 Å². The van der Waals surface area contributed by atoms with E-state index in [1.807, 2.05) is 54.6 Å². The fourth-order valence-corrected chi connectivity index (χ4v) is 5.04. The lowest BCUT2D eigenvalue weighted by Crippen LogP contribution is -2.30. The zero-order valence-electron chi connectivity index (χ0n) is 21.5. The summed E-state index contributed by atoms with van der Waals surface area (Å²) in [7, 11) is 0. The lowest BCUT2D eigenvalue weighted by molar-refractivity contribution is -0.138. The molecule has 0 saturated heterocycles. The molecule has 1 aromatic heterocycles. The molecule has 1 N–H and O–H groups in total. The van der Waals surface area contributed by atoms with Gasteiger partial charge < -0.3 is 14.4 Å². The number of carboxylic acid groups (broad SMARTS) is 1. The van der Waals surface area contributed by atoms with Gasteiger partial charge in [-0.2, -0.15) is 13.2 Å². The average molecular weight is 559 g/mol. The predicted octanol–water partition coefficient (Wildman–Crippen LogP) is 7.47. The van der Waals surface area contributed by atoms with Crippen LogP contribution in [0.4, 0.5) is 13.2 Å². The van der Waals surface area contributed by atoms with Crippen LogP contribution in [0.2, 0.25) is 5.02 Å². The lowest BCUT2D eigenvalue weighted by atomic mass is 10.00. The molecule has 39 heavy (non-hydrogen) atoms. The third-order valence-corrected chi connectivity index (χ3v) is 7.08. The second-order valence-corrected chi connectivity index (χ2v) is 9.93. The molecule has 0 aliphatic rings. The number of hydrogen-bond acceptors (Lipinski definition) is 3. The topological polar surface area (TPSA) is 54.7 Å². The van der Waals surface area contributed by atoms with Gasteiger partial charge in [-0.1, -0.05) is 67.1 Å². The number of benzene rings is 3. The van der Waals surface area contributed by atoms with Crippen molar-refractivity contribution < 1.29 is 27.8 Å². The SMILES string of the molecule is CC(CN(CCCOc1cccc2c1ccn2CC(=O)O)Cc1cccc(C(F)(F)F)c1Cl)c1ccccc1. The Morgan fingerprint density at radius 1 is 1.05 bits per heavy atom. The van der Waals surface area contributed by atoms with Crippen molar-refractivity contribution in [1.29, 1.82) is 0 Å². The number of carbonyl (C=O) groups is 1. The maximum Gasteiger partial charge on any atom is 0.417 e. The molecule has 0 aliphatic carbocycles. The summed E-state index contributed by atoms with van der Waals surface area (Å²) in [6.07, 6.45) is -2.17. The molecule has 4 rings (SSSR count). The molecule has 0 radical (unpaired) electrons. The molecular weight excluding hydrogens is 529 g/mol. The van der Waals surface area contributed by atoms with E-state index in [1.54, 1.807) is 16.8 Å². The van der Waals surface area contributed by atoms with Crippen LogP contribution in [0.5, 0.6) is 5.75 Å². The van der Waals surface area contributed by atoms with Crippen molar-refractivity contribution in [3.63, 3.8) is 0 Å². The second-order valence-electron chi connectivity index (χ2n) is 9.55. The fourth-order valence-electron chi connectivity index (χ4n) is 4.75. The number of hydrogen-bond donors (Lipinski definition) is 1. The Kier molecular flexibility index (Phi) is 9.20. The summed E-state index contributed by atoms with van der Waals surface area (Å²) in [5, 5.41) is 9.69. The number of aromatic nitrogens is 1. The van der Waals surface area contributed by atoms with E-state index in [1.165, 1.54) is 6.07 Å². The summed E-state index contributed by atoms with van der Waals surface area (Å²) < 4.78 is 48.0. The number of alkyl halides is 3. The second kappa shape index (κ2) is 12.6. The van der Waals surface area contributed by atoms with Gasteiger partial charge in [-0.3, -0.25) is 9.69 Å². The molecule has 0 fully saturated rings. The maximum atomic E-state index is 13.4. The molecule has 0 aliphatic heterocycles. The van der Waals surface area contributed by atoms with Crippen LogP contribution in [0, 0.1) is 0 Å². The quantitative estimate of drug-likeness (QED) is 0.183. The Bertz CT molecular complexity index is 1410. The maximum absolute atomic E-state index is 13.4. The molecule has 0 spiro atoms. The molecule has 1 unspecified atom stereocenters. The van der Waals surface area contributed by atoms with Crippen molar-refractivity contribution in [2.45, 2.75) is 38.5 Å². The summed E-state index contributed by atoms with van der Waals surface area (Å²) in [5.41, 5.74) is 1.51. The zero-order valence-corrected chi connectivity index (χ0v) is 22.3. The number of nitrogens with zero attached hydrogens (tertiary/aromatic N) is 2. The number of carboxylic acids is 1. The van der Waals surface area contributed by atoms with Crippen molar-refractivity contribution in [2.75, 3.05) is 19.7 Å². The summed E-state index contributed by atoms with van der Waals surface area (Å²) >= 11 is 6.21. The highest BCUT2D eigenvalue weighted by Gasteiger charge is 2.34. The Morgan fingerprint density at radius 3 is 2.51 bits per heavy atom. The first-order chi connectivity index (χ1) is 18.6. The van der Waals surface area contributed by atoms with Crippen LogP contribution < -0.4 is 4.74 Å². The Hall–Kier alpha value is -3.49. The van der Waals surface area contributed by atoms with Crippen molar-refractivity contribution >= 4 is 28.5 Å². The highest BCUT2D eigenvalue weighted by Crippen LogP contribution is 2.36. The van der Waals surface area contributed by atoms with Gasteiger partial charge in [-0.15, -0.1) is 0 Å². The van der Waals surface area contributed by atoms with Gasteiger partial charge in [0.25, 0.3) is 0 Å². The molecule has 0 saturated carbocycles. The van der Waals surface area contributed by atoms with Gasteiger partial charge in [0.15, 0.2) is 0 Å². The molecule has 5 nitrogen and oxygen atoms in total. The third kappa shape index (κ3) is 7.34. The molecular formula is C30H30ClF3N2O3. The first-order valence-corrected chi connectivity index (χ1v) is 13.1. The first-order valence-electron chi connectivity index (χ1n) is 12.7. The van der Waals surface area contributed by atoms with Crippen LogP contribution in [0.3, 0.4) is 0 Å². The van der Waals surface area contributed by atoms with Crippen LogP contribution in [0.1, 0.15) is 36.0 Å². The van der Waals surface area contributed by atoms with Gasteiger partial charge >= 0.3 is 12.1 Å². The molecule has 3 aromatic carbocycles. The van der Waals surface area contributed by atoms with Crippen LogP contribution in [0.25, 0.3) is 10.9 Å². The van der Waals surface area contributed by atoms with Gasteiger partial charge in [0, 0.05) is 31.2 Å². The van der Waals surface area contributed by atoms with E-state index >= 15 is 0 Å². The molecule has 206 valence electrons. The Balaban J connectivity index is 1.46. The van der Waals surface area contributed by atoms with Crippen molar-refractivity contribution in [3.8, 4) is 5.75 Å². The van der Waals surface area contributed by atoms with Gasteiger partial charge in [0.2, 0.25) is 0 Å². The molecule has 9 heteroatoms. The fraction of sp³-hybridized carbons (Fsp3) is 0.300. The number of ether oxygens (including phenoxy) is 1. The molecule has 1 atom stereocenters. The number of aliphatic carboxylic acids is 1. The lowest BCUT2D eigenvalue weighted by Gasteiger charge is -2.27. The minimum atomic E-state index is -4.52. The number of fused-ring (bicyclic) bond motifs is 1. The summed E-state index contributed by atoms with van der Waals surface area (Å²) in [6, 6.07) is 21.3. The van der Waals surface area contributed by atoms with Gasteiger partial charge in [-0.25, -0.2) is 0 Å². The Labute approximate surface area is 230 Å². The van der Waals surface area contributed by atoms with Gasteiger partial charge in [-0.05, 0) is 47.7 Å². The predicted molar refractivity (Wildman–Crippen MR) is 146 cm³/mol. The van der Waals surface area contributed by atoms with E-state index in [0.29, 0.717) is 37.4 Å². The summed E-state index contributed by atoms with van der Waals surface area (Å²) in [4.78, 5) is 13.2. The van der Waals surface area contributed by atoms with E-state index in [9.17, 15) is 18.0 Å². The van der Waals surface area contributed by atoms with E-state index < -0.39 is 17.7 Å². The van der Waals surface area contributed by atoms with Crippen molar-refractivity contribution in [2.24, 2.45) is 0 Å². The minimum absolute atomic E-state index is 0.139. The average Bonchev–Trinajstić information content (AvgIpc) is 3.30. The van der Waals surface area contributed by atoms with Gasteiger partial charge in [0.1, 0.15) is 12.3 Å². The van der Waals surface area contributed by atoms with E-state index in [-0.39, 0.29) is 24.0 Å². The Morgan fingerprint density at radius 2 is 1.79 bits per heavy atom. The van der Waals surface area contributed by atoms with Gasteiger partial charge in [0.05, 0.1) is 22.7 Å². The first kappa shape index (κ1) is 28.5. The molecule has 0 amide bonds. The zero-order chi connectivity index (χ0) is 28.0. The van der Waals surface area contributed by atoms with E-state index in [2.05, 4.69) is 11.8 Å². The van der Waals surface area contributed by atoms with Crippen molar-refractivity contribution in [1.82, 2.24) is 9.47 Å². The third-order valence-electron chi connectivity index (χ3n) is 6.63. The summed E-state index contributed by atoms with van der Waals surface area (Å²) in [5.74, 6) is -0.120. The summed E-state index contributed by atoms with van der Waals surface area (Å²) in [6.45, 7) is 3.82.